The molecule has 0 aliphatic carbocycles. The van der Waals surface area contributed by atoms with Gasteiger partial charge in [-0.1, -0.05) is 30.3 Å². The maximum absolute atomic E-state index is 11.9. The fourth-order valence-corrected chi connectivity index (χ4v) is 2.60. The smallest absolute Gasteiger partial charge is 0.291 e. The highest BCUT2D eigenvalue weighted by Crippen LogP contribution is 2.15. The normalized spacial score (nSPS) is 10.2. The molecule has 132 valence electrons. The van der Waals surface area contributed by atoms with Crippen LogP contribution in [-0.2, 0) is 6.42 Å². The van der Waals surface area contributed by atoms with Crippen molar-refractivity contribution in [3.05, 3.63) is 84.3 Å². The first-order valence-electron chi connectivity index (χ1n) is 8.24. The van der Waals surface area contributed by atoms with Gasteiger partial charge in [0.05, 0.1) is 6.26 Å². The third kappa shape index (κ3) is 5.19. The van der Waals surface area contributed by atoms with Gasteiger partial charge >= 0.3 is 0 Å². The van der Waals surface area contributed by atoms with Crippen molar-refractivity contribution in [1.82, 2.24) is 5.32 Å². The van der Waals surface area contributed by atoms with Gasteiger partial charge in [0.1, 0.15) is 0 Å². The molecule has 0 saturated heterocycles. The molecule has 3 aromatic rings. The van der Waals surface area contributed by atoms with Crippen LogP contribution < -0.4 is 16.0 Å². The van der Waals surface area contributed by atoms with E-state index in [1.54, 1.807) is 24.3 Å². The van der Waals surface area contributed by atoms with E-state index in [1.807, 2.05) is 30.3 Å². The molecular formula is C20H19N3O2S. The summed E-state index contributed by atoms with van der Waals surface area (Å²) >= 11 is 5.30. The van der Waals surface area contributed by atoms with Gasteiger partial charge in [-0.3, -0.25) is 4.79 Å². The molecule has 3 rings (SSSR count). The van der Waals surface area contributed by atoms with Gasteiger partial charge in [-0.2, -0.15) is 0 Å². The van der Waals surface area contributed by atoms with Crippen LogP contribution in [0.2, 0.25) is 0 Å². The number of carbonyl (C=O) groups excluding carboxylic acids is 1. The Morgan fingerprint density at radius 1 is 0.885 bits per heavy atom. The van der Waals surface area contributed by atoms with E-state index in [2.05, 4.69) is 28.1 Å². The molecule has 0 saturated carbocycles. The number of amides is 1. The Kier molecular flexibility index (Phi) is 6.01. The minimum Gasteiger partial charge on any atom is -0.459 e. The van der Waals surface area contributed by atoms with Crippen LogP contribution in [0.5, 0.6) is 0 Å². The van der Waals surface area contributed by atoms with Gasteiger partial charge in [0.15, 0.2) is 10.9 Å². The molecule has 0 unspecified atom stereocenters. The predicted octanol–water partition coefficient (Wildman–Crippen LogP) is 4.06. The van der Waals surface area contributed by atoms with Crippen molar-refractivity contribution in [1.29, 1.82) is 0 Å². The van der Waals surface area contributed by atoms with Crippen molar-refractivity contribution in [3.8, 4) is 0 Å². The predicted molar refractivity (Wildman–Crippen MR) is 107 cm³/mol. The first kappa shape index (κ1) is 17.7. The molecule has 0 radical (unpaired) electrons. The first-order chi connectivity index (χ1) is 12.7. The van der Waals surface area contributed by atoms with E-state index in [0.717, 1.165) is 18.7 Å². The third-order valence-corrected chi connectivity index (χ3v) is 3.93. The van der Waals surface area contributed by atoms with Gasteiger partial charge in [-0.25, -0.2) is 0 Å². The van der Waals surface area contributed by atoms with Crippen LogP contribution in [0.3, 0.4) is 0 Å². The summed E-state index contributed by atoms with van der Waals surface area (Å²) in [5.74, 6) is -0.00944. The molecular weight excluding hydrogens is 346 g/mol. The monoisotopic (exact) mass is 365 g/mol. The standard InChI is InChI=1S/C20H19N3O2S/c24-19(18-7-4-14-25-18)22-16-8-10-17(11-9-16)23-20(26)21-13-12-15-5-2-1-3-6-15/h1-11,14H,12-13H2,(H,22,24)(H2,21,23,26). The van der Waals surface area contributed by atoms with Gasteiger partial charge in [-0.15, -0.1) is 0 Å². The second-order valence-electron chi connectivity index (χ2n) is 5.63. The van der Waals surface area contributed by atoms with E-state index in [1.165, 1.54) is 11.8 Å². The van der Waals surface area contributed by atoms with Crippen molar-refractivity contribution in [2.24, 2.45) is 0 Å². The molecule has 0 spiro atoms. The van der Waals surface area contributed by atoms with Gasteiger partial charge in [0.2, 0.25) is 0 Å². The first-order valence-corrected chi connectivity index (χ1v) is 8.65. The summed E-state index contributed by atoms with van der Waals surface area (Å²) in [6.45, 7) is 0.757. The molecule has 0 fully saturated rings. The number of carbonyl (C=O) groups is 1. The fourth-order valence-electron chi connectivity index (χ4n) is 2.38. The third-order valence-electron chi connectivity index (χ3n) is 3.69. The molecule has 26 heavy (non-hydrogen) atoms. The molecule has 5 nitrogen and oxygen atoms in total. The SMILES string of the molecule is O=C(Nc1ccc(NC(=S)NCCc2ccccc2)cc1)c1ccco1. The minimum atomic E-state index is -0.284. The van der Waals surface area contributed by atoms with E-state index in [-0.39, 0.29) is 11.7 Å². The molecule has 0 aliphatic heterocycles. The Bertz CT molecular complexity index is 847. The lowest BCUT2D eigenvalue weighted by Gasteiger charge is -2.11. The molecule has 0 atom stereocenters. The summed E-state index contributed by atoms with van der Waals surface area (Å²) in [7, 11) is 0. The van der Waals surface area contributed by atoms with Crippen molar-refractivity contribution in [2.75, 3.05) is 17.2 Å². The topological polar surface area (TPSA) is 66.3 Å². The van der Waals surface area contributed by atoms with Crippen molar-refractivity contribution in [3.63, 3.8) is 0 Å². The maximum Gasteiger partial charge on any atom is 0.291 e. The average molecular weight is 365 g/mol. The number of anilines is 2. The zero-order valence-electron chi connectivity index (χ0n) is 14.1. The van der Waals surface area contributed by atoms with Gasteiger partial charge < -0.3 is 20.4 Å². The molecule has 1 heterocycles. The van der Waals surface area contributed by atoms with Crippen molar-refractivity contribution < 1.29 is 9.21 Å². The summed E-state index contributed by atoms with van der Waals surface area (Å²) in [5.41, 5.74) is 2.79. The molecule has 3 N–H and O–H groups in total. The number of benzene rings is 2. The van der Waals surface area contributed by atoms with Gasteiger partial charge in [-0.05, 0) is 60.6 Å². The van der Waals surface area contributed by atoms with Crippen LogP contribution in [0.15, 0.2) is 77.4 Å². The summed E-state index contributed by atoms with van der Waals surface area (Å²) < 4.78 is 5.06. The van der Waals surface area contributed by atoms with Crippen LogP contribution in [-0.4, -0.2) is 17.6 Å². The molecule has 0 aliphatic rings. The van der Waals surface area contributed by atoms with Crippen LogP contribution in [0.4, 0.5) is 11.4 Å². The maximum atomic E-state index is 11.9. The highest BCUT2D eigenvalue weighted by molar-refractivity contribution is 7.80. The zero-order chi connectivity index (χ0) is 18.2. The van der Waals surface area contributed by atoms with Crippen LogP contribution in [0, 0.1) is 0 Å². The second-order valence-corrected chi connectivity index (χ2v) is 6.03. The zero-order valence-corrected chi connectivity index (χ0v) is 14.9. The second kappa shape index (κ2) is 8.82. The Balaban J connectivity index is 1.44. The number of thiocarbonyl (C=S) groups is 1. The van der Waals surface area contributed by atoms with E-state index < -0.39 is 0 Å². The lowest BCUT2D eigenvalue weighted by Crippen LogP contribution is -2.30. The van der Waals surface area contributed by atoms with Crippen molar-refractivity contribution in [2.45, 2.75) is 6.42 Å². The fraction of sp³-hybridized carbons (Fsp3) is 0.100. The van der Waals surface area contributed by atoms with Crippen LogP contribution >= 0.6 is 12.2 Å². The lowest BCUT2D eigenvalue weighted by atomic mass is 10.1. The van der Waals surface area contributed by atoms with Crippen LogP contribution in [0.25, 0.3) is 0 Å². The van der Waals surface area contributed by atoms with E-state index >= 15 is 0 Å². The Morgan fingerprint density at radius 2 is 1.58 bits per heavy atom. The highest BCUT2D eigenvalue weighted by Gasteiger charge is 2.08. The summed E-state index contributed by atoms with van der Waals surface area (Å²) in [5, 5.41) is 9.64. The average Bonchev–Trinajstić information content (AvgIpc) is 3.19. The van der Waals surface area contributed by atoms with Crippen LogP contribution in [0.1, 0.15) is 16.1 Å². The molecule has 2 aromatic carbocycles. The van der Waals surface area contributed by atoms with Gasteiger partial charge in [0, 0.05) is 17.9 Å². The van der Waals surface area contributed by atoms with E-state index in [9.17, 15) is 4.79 Å². The molecule has 1 amide bonds. The van der Waals surface area contributed by atoms with Crippen molar-refractivity contribution >= 4 is 34.6 Å². The van der Waals surface area contributed by atoms with E-state index in [4.69, 9.17) is 16.6 Å². The van der Waals surface area contributed by atoms with Gasteiger partial charge in [0.25, 0.3) is 5.91 Å². The largest absolute Gasteiger partial charge is 0.459 e. The summed E-state index contributed by atoms with van der Waals surface area (Å²) in [6, 6.07) is 20.8. The highest BCUT2D eigenvalue weighted by atomic mass is 32.1. The number of hydrogen-bond donors (Lipinski definition) is 3. The number of furan rings is 1. The minimum absolute atomic E-state index is 0.274. The number of hydrogen-bond acceptors (Lipinski definition) is 3. The Morgan fingerprint density at radius 3 is 2.23 bits per heavy atom. The Labute approximate surface area is 157 Å². The molecule has 6 heteroatoms. The lowest BCUT2D eigenvalue weighted by molar-refractivity contribution is 0.0996. The summed E-state index contributed by atoms with van der Waals surface area (Å²) in [6.07, 6.45) is 2.37. The summed E-state index contributed by atoms with van der Waals surface area (Å²) in [4.78, 5) is 11.9. The Hall–Kier alpha value is -3.12. The molecule has 1 aromatic heterocycles. The number of rotatable bonds is 6. The molecule has 0 bridgehead atoms. The van der Waals surface area contributed by atoms with E-state index in [0.29, 0.717) is 10.8 Å². The number of nitrogens with one attached hydrogen (secondary N) is 3. The quantitative estimate of drug-likeness (QED) is 0.575.